The van der Waals surface area contributed by atoms with Crippen LogP contribution in [-0.4, -0.2) is 16.3 Å². The van der Waals surface area contributed by atoms with Crippen molar-refractivity contribution in [2.45, 2.75) is 24.9 Å². The number of aliphatic hydroxyl groups is 1. The van der Waals surface area contributed by atoms with Gasteiger partial charge in [0.2, 0.25) is 0 Å². The molecule has 1 aromatic heterocycles. The van der Waals surface area contributed by atoms with E-state index in [0.717, 1.165) is 29.7 Å². The summed E-state index contributed by atoms with van der Waals surface area (Å²) in [5.74, 6) is 0. The summed E-state index contributed by atoms with van der Waals surface area (Å²) in [6, 6.07) is 13.5. The summed E-state index contributed by atoms with van der Waals surface area (Å²) >= 11 is 0. The molecule has 106 valence electrons. The fourth-order valence-electron chi connectivity index (χ4n) is 2.65. The lowest BCUT2D eigenvalue weighted by Gasteiger charge is -2.30. The highest BCUT2D eigenvalue weighted by atomic mass is 16.3. The Hall–Kier alpha value is -2.26. The van der Waals surface area contributed by atoms with E-state index >= 15 is 0 Å². The van der Waals surface area contributed by atoms with Gasteiger partial charge < -0.3 is 5.11 Å². The van der Waals surface area contributed by atoms with Gasteiger partial charge in [0, 0.05) is 30.7 Å². The minimum Gasteiger partial charge on any atom is -0.380 e. The molecule has 1 unspecified atom stereocenters. The van der Waals surface area contributed by atoms with E-state index in [0.29, 0.717) is 6.42 Å². The van der Waals surface area contributed by atoms with E-state index in [1.807, 2.05) is 48.7 Å². The van der Waals surface area contributed by atoms with Gasteiger partial charge in [0.05, 0.1) is 0 Å². The third-order valence-corrected chi connectivity index (χ3v) is 3.78. The molecule has 1 aromatic carbocycles. The van der Waals surface area contributed by atoms with Crippen molar-refractivity contribution in [2.75, 3.05) is 0 Å². The SMILES string of the molecule is OC(CC1=CCCC=N1)(c1ccccc1)c1ccncc1. The van der Waals surface area contributed by atoms with Gasteiger partial charge in [0.25, 0.3) is 0 Å². The topological polar surface area (TPSA) is 45.5 Å². The van der Waals surface area contributed by atoms with Crippen LogP contribution in [0.25, 0.3) is 0 Å². The number of pyridine rings is 1. The second-order valence-electron chi connectivity index (χ2n) is 5.22. The molecule has 0 saturated carbocycles. The third kappa shape index (κ3) is 2.93. The number of aromatic nitrogens is 1. The van der Waals surface area contributed by atoms with Crippen LogP contribution >= 0.6 is 0 Å². The molecule has 0 aliphatic carbocycles. The van der Waals surface area contributed by atoms with Gasteiger partial charge in [0.1, 0.15) is 5.60 Å². The highest BCUT2D eigenvalue weighted by Crippen LogP contribution is 2.36. The summed E-state index contributed by atoms with van der Waals surface area (Å²) in [4.78, 5) is 8.47. The fraction of sp³-hybridized carbons (Fsp3) is 0.222. The van der Waals surface area contributed by atoms with E-state index in [4.69, 9.17) is 0 Å². The van der Waals surface area contributed by atoms with Crippen molar-refractivity contribution in [3.05, 3.63) is 77.8 Å². The van der Waals surface area contributed by atoms with Crippen molar-refractivity contribution in [1.29, 1.82) is 0 Å². The Labute approximate surface area is 124 Å². The van der Waals surface area contributed by atoms with E-state index in [9.17, 15) is 5.11 Å². The molecule has 0 bridgehead atoms. The molecule has 0 radical (unpaired) electrons. The fourth-order valence-corrected chi connectivity index (χ4v) is 2.65. The van der Waals surface area contributed by atoms with Crippen LogP contribution in [-0.2, 0) is 5.60 Å². The monoisotopic (exact) mass is 278 g/mol. The standard InChI is InChI=1S/C18H18N2O/c21-18(15-6-2-1-3-7-15,16-9-12-19-13-10-16)14-17-8-4-5-11-20-17/h1-3,6-13,21H,4-5,14H2. The van der Waals surface area contributed by atoms with Crippen molar-refractivity contribution in [2.24, 2.45) is 4.99 Å². The van der Waals surface area contributed by atoms with E-state index in [1.54, 1.807) is 12.4 Å². The summed E-state index contributed by atoms with van der Waals surface area (Å²) in [5.41, 5.74) is 1.57. The molecule has 0 spiro atoms. The second-order valence-corrected chi connectivity index (χ2v) is 5.22. The quantitative estimate of drug-likeness (QED) is 0.931. The van der Waals surface area contributed by atoms with Crippen LogP contribution in [0.1, 0.15) is 30.4 Å². The Bertz CT molecular complexity index is 608. The van der Waals surface area contributed by atoms with E-state index in [1.165, 1.54) is 0 Å². The molecular weight excluding hydrogens is 260 g/mol. The first kappa shape index (κ1) is 13.7. The van der Waals surface area contributed by atoms with E-state index < -0.39 is 5.60 Å². The average molecular weight is 278 g/mol. The van der Waals surface area contributed by atoms with E-state index in [2.05, 4.69) is 16.1 Å². The molecule has 3 rings (SSSR count). The summed E-state index contributed by atoms with van der Waals surface area (Å²) < 4.78 is 0. The second kappa shape index (κ2) is 6.02. The maximum atomic E-state index is 11.4. The number of nitrogens with zero attached hydrogens (tertiary/aromatic N) is 2. The Morgan fingerprint density at radius 2 is 1.67 bits per heavy atom. The molecular formula is C18H18N2O. The molecule has 1 aliphatic rings. The van der Waals surface area contributed by atoms with Crippen LogP contribution in [0, 0.1) is 0 Å². The van der Waals surface area contributed by atoms with Crippen molar-refractivity contribution in [3.8, 4) is 0 Å². The van der Waals surface area contributed by atoms with Crippen LogP contribution in [0.15, 0.2) is 71.6 Å². The van der Waals surface area contributed by atoms with Crippen LogP contribution < -0.4 is 0 Å². The molecule has 3 heteroatoms. The molecule has 1 N–H and O–H groups in total. The largest absolute Gasteiger partial charge is 0.380 e. The van der Waals surface area contributed by atoms with Gasteiger partial charge in [0.15, 0.2) is 0 Å². The van der Waals surface area contributed by atoms with Crippen molar-refractivity contribution < 1.29 is 5.11 Å². The number of hydrogen-bond acceptors (Lipinski definition) is 3. The van der Waals surface area contributed by atoms with Gasteiger partial charge >= 0.3 is 0 Å². The van der Waals surface area contributed by atoms with Crippen LogP contribution in [0.5, 0.6) is 0 Å². The molecule has 3 nitrogen and oxygen atoms in total. The molecule has 21 heavy (non-hydrogen) atoms. The average Bonchev–Trinajstić information content (AvgIpc) is 2.57. The first-order valence-corrected chi connectivity index (χ1v) is 7.19. The Morgan fingerprint density at radius 3 is 2.33 bits per heavy atom. The van der Waals surface area contributed by atoms with Gasteiger partial charge in [-0.05, 0) is 36.1 Å². The third-order valence-electron chi connectivity index (χ3n) is 3.78. The van der Waals surface area contributed by atoms with Crippen molar-refractivity contribution in [3.63, 3.8) is 0 Å². The van der Waals surface area contributed by atoms with E-state index in [-0.39, 0.29) is 0 Å². The van der Waals surface area contributed by atoms with Crippen LogP contribution in [0.4, 0.5) is 0 Å². The van der Waals surface area contributed by atoms with Crippen LogP contribution in [0.2, 0.25) is 0 Å². The maximum Gasteiger partial charge on any atom is 0.120 e. The van der Waals surface area contributed by atoms with Gasteiger partial charge in [-0.3, -0.25) is 9.98 Å². The molecule has 0 fully saturated rings. The first-order valence-electron chi connectivity index (χ1n) is 7.19. The smallest absolute Gasteiger partial charge is 0.120 e. The van der Waals surface area contributed by atoms with Crippen molar-refractivity contribution in [1.82, 2.24) is 4.98 Å². The Kier molecular flexibility index (Phi) is 3.93. The minimum atomic E-state index is -1.08. The predicted octanol–water partition coefficient (Wildman–Crippen LogP) is 3.46. The molecule has 2 aromatic rings. The predicted molar refractivity (Wildman–Crippen MR) is 84.1 cm³/mol. The number of hydrogen-bond donors (Lipinski definition) is 1. The van der Waals surface area contributed by atoms with Crippen molar-refractivity contribution >= 4 is 6.21 Å². The number of aliphatic imine (C=N–C) groups is 1. The number of rotatable bonds is 4. The summed E-state index contributed by atoms with van der Waals surface area (Å²) in [5, 5.41) is 11.4. The first-order chi connectivity index (χ1) is 10.3. The zero-order valence-electron chi connectivity index (χ0n) is 11.8. The zero-order chi connectivity index (χ0) is 14.5. The molecule has 1 aliphatic heterocycles. The molecule has 0 saturated heterocycles. The number of benzene rings is 1. The normalized spacial score (nSPS) is 17.1. The lowest BCUT2D eigenvalue weighted by atomic mass is 9.82. The van der Waals surface area contributed by atoms with Gasteiger partial charge in [-0.25, -0.2) is 0 Å². The van der Waals surface area contributed by atoms with Gasteiger partial charge in [-0.1, -0.05) is 36.4 Å². The Balaban J connectivity index is 2.03. The summed E-state index contributed by atoms with van der Waals surface area (Å²) in [6.45, 7) is 0. The lowest BCUT2D eigenvalue weighted by molar-refractivity contribution is 0.0806. The van der Waals surface area contributed by atoms with Gasteiger partial charge in [-0.15, -0.1) is 0 Å². The minimum absolute atomic E-state index is 0.470. The summed E-state index contributed by atoms with van der Waals surface area (Å²) in [7, 11) is 0. The van der Waals surface area contributed by atoms with Gasteiger partial charge in [-0.2, -0.15) is 0 Å². The molecule has 0 amide bonds. The molecule has 2 heterocycles. The summed E-state index contributed by atoms with van der Waals surface area (Å²) in [6.07, 6.45) is 9.88. The Morgan fingerprint density at radius 1 is 0.952 bits per heavy atom. The zero-order valence-corrected chi connectivity index (χ0v) is 11.8. The maximum absolute atomic E-state index is 11.4. The van der Waals surface area contributed by atoms with Crippen LogP contribution in [0.3, 0.4) is 0 Å². The highest BCUT2D eigenvalue weighted by Gasteiger charge is 2.32. The lowest BCUT2D eigenvalue weighted by Crippen LogP contribution is -2.28. The number of allylic oxidation sites excluding steroid dienone is 1. The highest BCUT2D eigenvalue weighted by molar-refractivity contribution is 5.60. The molecule has 1 atom stereocenters.